The minimum Gasteiger partial charge on any atom is -0.444 e. The van der Waals surface area contributed by atoms with Crippen LogP contribution >= 0.6 is 0 Å². The number of carbonyl (C=O) groups is 2. The fraction of sp³-hybridized carbons (Fsp3) is 0.583. The Balaban J connectivity index is 2.06. The lowest BCUT2D eigenvalue weighted by atomic mass is 9.96. The van der Waals surface area contributed by atoms with Crippen molar-refractivity contribution in [3.8, 4) is 12.3 Å². The number of nitrogens with zero attached hydrogens (tertiary/aromatic N) is 2. The van der Waals surface area contributed by atoms with Crippen molar-refractivity contribution in [3.63, 3.8) is 0 Å². The van der Waals surface area contributed by atoms with Gasteiger partial charge < -0.3 is 14.5 Å². The van der Waals surface area contributed by atoms with Crippen molar-refractivity contribution in [1.29, 1.82) is 0 Å². The molecule has 1 unspecified atom stereocenters. The molecular weight excluding hydrogens is 442 g/mol. The van der Waals surface area contributed by atoms with Crippen molar-refractivity contribution >= 4 is 22.0 Å². The molecule has 9 heteroatoms. The van der Waals surface area contributed by atoms with E-state index in [0.29, 0.717) is 25.2 Å². The van der Waals surface area contributed by atoms with E-state index in [1.54, 1.807) is 9.80 Å². The molecule has 0 bridgehead atoms. The summed E-state index contributed by atoms with van der Waals surface area (Å²) in [6, 6.07) is 5.80. The van der Waals surface area contributed by atoms with Gasteiger partial charge in [0.1, 0.15) is 5.60 Å². The standard InChI is InChI=1S/C24H35N3O5S/c1-7-14-25-33(30,31)21-12-10-20(11-13-21)22(28)26-15-8-9-19(16-26)17-27(18(2)3)23(29)32-24(4,5)6/h1,10-13,18-19,25H,8-9,14-17H2,2-6H3. The van der Waals surface area contributed by atoms with E-state index < -0.39 is 15.6 Å². The fourth-order valence-corrected chi connectivity index (χ4v) is 4.61. The predicted molar refractivity (Wildman–Crippen MR) is 127 cm³/mol. The predicted octanol–water partition coefficient (Wildman–Crippen LogP) is 3.10. The highest BCUT2D eigenvalue weighted by Gasteiger charge is 2.30. The van der Waals surface area contributed by atoms with Crippen LogP contribution in [0.1, 0.15) is 57.8 Å². The third-order valence-electron chi connectivity index (χ3n) is 5.29. The fourth-order valence-electron chi connectivity index (χ4n) is 3.67. The number of sulfonamides is 1. The quantitative estimate of drug-likeness (QED) is 0.609. The van der Waals surface area contributed by atoms with E-state index in [2.05, 4.69) is 10.6 Å². The number of hydrogen-bond acceptors (Lipinski definition) is 5. The number of benzene rings is 1. The largest absolute Gasteiger partial charge is 0.444 e. The molecule has 0 spiro atoms. The van der Waals surface area contributed by atoms with Gasteiger partial charge in [-0.3, -0.25) is 4.79 Å². The first-order chi connectivity index (χ1) is 15.3. The number of rotatable bonds is 7. The maximum Gasteiger partial charge on any atom is 0.410 e. The van der Waals surface area contributed by atoms with Gasteiger partial charge in [0.15, 0.2) is 0 Å². The topological polar surface area (TPSA) is 96.0 Å². The summed E-state index contributed by atoms with van der Waals surface area (Å²) < 4.78 is 32.2. The summed E-state index contributed by atoms with van der Waals surface area (Å²) in [5.74, 6) is 2.20. The highest BCUT2D eigenvalue weighted by Crippen LogP contribution is 2.22. The molecule has 1 fully saturated rings. The molecule has 1 heterocycles. The maximum atomic E-state index is 13.0. The van der Waals surface area contributed by atoms with E-state index in [1.807, 2.05) is 34.6 Å². The first-order valence-electron chi connectivity index (χ1n) is 11.2. The Morgan fingerprint density at radius 3 is 2.45 bits per heavy atom. The van der Waals surface area contributed by atoms with Gasteiger partial charge in [-0.1, -0.05) is 5.92 Å². The SMILES string of the molecule is C#CCNS(=O)(=O)c1ccc(C(=O)N2CCCC(CN(C(=O)OC(C)(C)C)C(C)C)C2)cc1. The van der Waals surface area contributed by atoms with Crippen LogP contribution in [0.5, 0.6) is 0 Å². The van der Waals surface area contributed by atoms with Crippen molar-refractivity contribution in [2.45, 2.75) is 64.0 Å². The van der Waals surface area contributed by atoms with E-state index in [9.17, 15) is 18.0 Å². The molecule has 8 nitrogen and oxygen atoms in total. The van der Waals surface area contributed by atoms with Crippen LogP contribution in [0.25, 0.3) is 0 Å². The van der Waals surface area contributed by atoms with Crippen LogP contribution in [-0.4, -0.2) is 68.0 Å². The lowest BCUT2D eigenvalue weighted by Crippen LogP contribution is -2.48. The second-order valence-corrected chi connectivity index (χ2v) is 11.3. The van der Waals surface area contributed by atoms with Crippen molar-refractivity contribution in [2.24, 2.45) is 5.92 Å². The van der Waals surface area contributed by atoms with Crippen LogP contribution in [0.3, 0.4) is 0 Å². The molecule has 2 rings (SSSR count). The molecule has 0 saturated carbocycles. The van der Waals surface area contributed by atoms with Gasteiger partial charge in [0.25, 0.3) is 5.91 Å². The molecule has 2 amide bonds. The average Bonchev–Trinajstić information content (AvgIpc) is 2.74. The van der Waals surface area contributed by atoms with Gasteiger partial charge in [0.05, 0.1) is 11.4 Å². The van der Waals surface area contributed by atoms with Gasteiger partial charge in [-0.2, -0.15) is 4.72 Å². The van der Waals surface area contributed by atoms with Crippen LogP contribution in [-0.2, 0) is 14.8 Å². The normalized spacial score (nSPS) is 16.9. The van der Waals surface area contributed by atoms with Gasteiger partial charge in [-0.25, -0.2) is 13.2 Å². The molecule has 1 atom stereocenters. The molecule has 0 aliphatic carbocycles. The Hall–Kier alpha value is -2.57. The molecular formula is C24H35N3O5S. The summed E-state index contributed by atoms with van der Waals surface area (Å²) in [5, 5.41) is 0. The molecule has 0 radical (unpaired) electrons. The number of ether oxygens (including phenoxy) is 1. The monoisotopic (exact) mass is 477 g/mol. The second kappa shape index (κ2) is 11.0. The highest BCUT2D eigenvalue weighted by molar-refractivity contribution is 7.89. The van der Waals surface area contributed by atoms with Crippen molar-refractivity contribution in [3.05, 3.63) is 29.8 Å². The number of carbonyl (C=O) groups excluding carboxylic acids is 2. The Bertz CT molecular complexity index is 975. The summed E-state index contributed by atoms with van der Waals surface area (Å²) in [7, 11) is -3.71. The molecule has 1 aliphatic rings. The molecule has 0 aromatic heterocycles. The van der Waals surface area contributed by atoms with Crippen molar-refractivity contribution < 1.29 is 22.7 Å². The number of hydrogen-bond donors (Lipinski definition) is 1. The minimum atomic E-state index is -3.71. The summed E-state index contributed by atoms with van der Waals surface area (Å²) in [4.78, 5) is 29.2. The summed E-state index contributed by atoms with van der Waals surface area (Å²) in [6.07, 6.45) is 6.50. The lowest BCUT2D eigenvalue weighted by Gasteiger charge is -2.37. The summed E-state index contributed by atoms with van der Waals surface area (Å²) >= 11 is 0. The van der Waals surface area contributed by atoms with E-state index in [1.165, 1.54) is 24.3 Å². The zero-order valence-corrected chi connectivity index (χ0v) is 20.9. The molecule has 1 aromatic rings. The Labute approximate surface area is 197 Å². The van der Waals surface area contributed by atoms with Gasteiger partial charge in [0.2, 0.25) is 10.0 Å². The van der Waals surface area contributed by atoms with Gasteiger partial charge in [-0.15, -0.1) is 6.42 Å². The summed E-state index contributed by atoms with van der Waals surface area (Å²) in [5.41, 5.74) is -0.159. The molecule has 1 saturated heterocycles. The van der Waals surface area contributed by atoms with Crippen molar-refractivity contribution in [2.75, 3.05) is 26.2 Å². The maximum absolute atomic E-state index is 13.0. The molecule has 33 heavy (non-hydrogen) atoms. The van der Waals surface area contributed by atoms with Crippen LogP contribution in [0.2, 0.25) is 0 Å². The Kier molecular flexibility index (Phi) is 8.92. The molecule has 182 valence electrons. The third-order valence-corrected chi connectivity index (χ3v) is 6.71. The van der Waals surface area contributed by atoms with E-state index in [0.717, 1.165) is 12.8 Å². The van der Waals surface area contributed by atoms with Gasteiger partial charge >= 0.3 is 6.09 Å². The van der Waals surface area contributed by atoms with E-state index >= 15 is 0 Å². The molecule has 1 aliphatic heterocycles. The summed E-state index contributed by atoms with van der Waals surface area (Å²) in [6.45, 7) is 11.0. The zero-order valence-electron chi connectivity index (χ0n) is 20.1. The lowest BCUT2D eigenvalue weighted by molar-refractivity contribution is 0.0124. The number of nitrogens with one attached hydrogen (secondary N) is 1. The zero-order chi connectivity index (χ0) is 24.8. The number of amides is 2. The highest BCUT2D eigenvalue weighted by atomic mass is 32.2. The van der Waals surface area contributed by atoms with Gasteiger partial charge in [0, 0.05) is 31.2 Å². The van der Waals surface area contributed by atoms with Crippen LogP contribution in [0, 0.1) is 18.3 Å². The number of likely N-dealkylation sites (tertiary alicyclic amines) is 1. The third kappa shape index (κ3) is 7.76. The van der Waals surface area contributed by atoms with Crippen LogP contribution < -0.4 is 4.72 Å². The smallest absolute Gasteiger partial charge is 0.410 e. The molecule has 1 N–H and O–H groups in total. The first kappa shape index (κ1) is 26.7. The second-order valence-electron chi connectivity index (χ2n) is 9.54. The van der Waals surface area contributed by atoms with E-state index in [4.69, 9.17) is 11.2 Å². The van der Waals surface area contributed by atoms with Crippen molar-refractivity contribution in [1.82, 2.24) is 14.5 Å². The Morgan fingerprint density at radius 2 is 1.91 bits per heavy atom. The Morgan fingerprint density at radius 1 is 1.27 bits per heavy atom. The first-order valence-corrected chi connectivity index (χ1v) is 12.6. The number of terminal acetylenes is 1. The van der Waals surface area contributed by atoms with Gasteiger partial charge in [-0.05, 0) is 77.6 Å². The van der Waals surface area contributed by atoms with E-state index in [-0.39, 0.29) is 35.4 Å². The van der Waals surface area contributed by atoms with Crippen LogP contribution in [0.4, 0.5) is 4.79 Å². The number of piperidine rings is 1. The van der Waals surface area contributed by atoms with Crippen LogP contribution in [0.15, 0.2) is 29.2 Å². The molecule has 1 aromatic carbocycles. The average molecular weight is 478 g/mol. The minimum absolute atomic E-state index is 0.0245.